The fourth-order valence-electron chi connectivity index (χ4n) is 2.59. The number of methoxy groups -OCH3 is 1. The van der Waals surface area contributed by atoms with E-state index in [1.165, 1.54) is 6.92 Å². The summed E-state index contributed by atoms with van der Waals surface area (Å²) in [6.45, 7) is 0.873. The molecule has 2 rings (SSSR count). The van der Waals surface area contributed by atoms with Crippen LogP contribution in [0.1, 0.15) is 19.4 Å². The zero-order chi connectivity index (χ0) is 21.2. The summed E-state index contributed by atoms with van der Waals surface area (Å²) in [4.78, 5) is 26.7. The summed E-state index contributed by atoms with van der Waals surface area (Å²) in [6.07, 6.45) is 0. The largest absolute Gasteiger partial charge is 0.426 e. The predicted molar refractivity (Wildman–Crippen MR) is 92.3 cm³/mol. The first-order valence-electron chi connectivity index (χ1n) is 8.07. The lowest BCUT2D eigenvalue weighted by molar-refractivity contribution is -0.201. The maximum Gasteiger partial charge on any atom is 0.299 e. The van der Waals surface area contributed by atoms with Gasteiger partial charge in [-0.15, -0.1) is 0 Å². The van der Waals surface area contributed by atoms with E-state index in [0.29, 0.717) is 0 Å². The number of amidine groups is 1. The Hall–Kier alpha value is -2.66. The number of hydrogen-bond acceptors (Lipinski definition) is 7. The van der Waals surface area contributed by atoms with Crippen molar-refractivity contribution in [1.82, 2.24) is 0 Å². The smallest absolute Gasteiger partial charge is 0.299 e. The highest BCUT2D eigenvalue weighted by atomic mass is 19.3. The molecule has 11 heteroatoms. The third-order valence-corrected chi connectivity index (χ3v) is 4.44. The minimum atomic E-state index is -3.58. The number of alkyl halides is 2. The van der Waals surface area contributed by atoms with E-state index in [9.17, 15) is 22.8 Å². The van der Waals surface area contributed by atoms with Gasteiger partial charge in [0.25, 0.3) is 24.1 Å². The van der Waals surface area contributed by atoms with E-state index in [-0.39, 0.29) is 24.6 Å². The van der Waals surface area contributed by atoms with Crippen LogP contribution in [0.4, 0.5) is 18.9 Å². The molecule has 2 atom stereocenters. The molecule has 0 spiro atoms. The Kier molecular flexibility index (Phi) is 6.00. The van der Waals surface area contributed by atoms with E-state index in [1.807, 2.05) is 0 Å². The number of nitrogens with one attached hydrogen (secondary N) is 1. The predicted octanol–water partition coefficient (Wildman–Crippen LogP) is 1.54. The maximum atomic E-state index is 14.7. The van der Waals surface area contributed by atoms with Crippen molar-refractivity contribution < 1.29 is 37.0 Å². The van der Waals surface area contributed by atoms with E-state index in [2.05, 4.69) is 15.0 Å². The minimum Gasteiger partial charge on any atom is -0.426 e. The first kappa shape index (κ1) is 21.6. The summed E-state index contributed by atoms with van der Waals surface area (Å²) in [7, 11) is 1.13. The van der Waals surface area contributed by atoms with Crippen LogP contribution >= 0.6 is 0 Å². The van der Waals surface area contributed by atoms with Crippen molar-refractivity contribution in [3.8, 4) is 0 Å². The summed E-state index contributed by atoms with van der Waals surface area (Å²) in [5, 5.41) is 2.33. The van der Waals surface area contributed by atoms with E-state index in [1.54, 1.807) is 0 Å². The molecule has 28 heavy (non-hydrogen) atoms. The van der Waals surface area contributed by atoms with Crippen LogP contribution < -0.4 is 11.1 Å². The number of rotatable bonds is 6. The van der Waals surface area contributed by atoms with Gasteiger partial charge in [-0.3, -0.25) is 14.6 Å². The van der Waals surface area contributed by atoms with Gasteiger partial charge in [0, 0.05) is 25.3 Å². The number of aliphatic imine (C=N–C) groups is 1. The normalized spacial score (nSPS) is 23.7. The molecule has 154 valence electrons. The molecule has 0 saturated carbocycles. The van der Waals surface area contributed by atoms with Gasteiger partial charge >= 0.3 is 0 Å². The third kappa shape index (κ3) is 3.94. The van der Waals surface area contributed by atoms with Gasteiger partial charge in [-0.2, -0.15) is 0 Å². The van der Waals surface area contributed by atoms with E-state index in [4.69, 9.17) is 15.2 Å². The van der Waals surface area contributed by atoms with Gasteiger partial charge in [-0.25, -0.2) is 13.2 Å². The van der Waals surface area contributed by atoms with Crippen molar-refractivity contribution >= 4 is 23.9 Å². The van der Waals surface area contributed by atoms with Crippen LogP contribution in [0, 0.1) is 5.82 Å². The highest BCUT2D eigenvalue weighted by Gasteiger charge is 2.54. The molecule has 0 fully saturated rings. The molecule has 0 saturated heterocycles. The van der Waals surface area contributed by atoms with Crippen LogP contribution in [0.25, 0.3) is 0 Å². The first-order valence-corrected chi connectivity index (χ1v) is 8.07. The standard InChI is InChI=1S/C17H20F3N3O5/c1-15(17(19,20)8-27-7-13(21)23-15)11-6-10(4-5-12(11)18)22-14(25)16(2,26-3)28-9-24/h4-6,9H,7-8H2,1-3H3,(H2,21,23)(H,22,25)/t15-,16?/m1/s1. The highest BCUT2D eigenvalue weighted by Crippen LogP contribution is 2.44. The Morgan fingerprint density at radius 1 is 1.46 bits per heavy atom. The average Bonchev–Trinajstić information content (AvgIpc) is 2.72. The monoisotopic (exact) mass is 403 g/mol. The Bertz CT molecular complexity index is 804. The van der Waals surface area contributed by atoms with E-state index in [0.717, 1.165) is 32.2 Å². The zero-order valence-electron chi connectivity index (χ0n) is 15.4. The van der Waals surface area contributed by atoms with Gasteiger partial charge < -0.3 is 25.3 Å². The molecule has 0 aromatic heterocycles. The minimum absolute atomic E-state index is 0.0176. The molecule has 1 unspecified atom stereocenters. The SMILES string of the molecule is COC(C)(OC=O)C(=O)Nc1ccc(F)c([C@@]2(C)N=C(N)COCC2(F)F)c1. The Morgan fingerprint density at radius 3 is 2.75 bits per heavy atom. The Balaban J connectivity index is 2.47. The lowest BCUT2D eigenvalue weighted by atomic mass is 9.85. The maximum absolute atomic E-state index is 14.7. The van der Waals surface area contributed by atoms with E-state index >= 15 is 0 Å². The second kappa shape index (κ2) is 7.76. The number of ether oxygens (including phenoxy) is 3. The summed E-state index contributed by atoms with van der Waals surface area (Å²) in [6, 6.07) is 3.05. The van der Waals surface area contributed by atoms with E-state index < -0.39 is 41.1 Å². The number of hydrogen-bond donors (Lipinski definition) is 2. The lowest BCUT2D eigenvalue weighted by Gasteiger charge is -2.33. The molecule has 3 N–H and O–H groups in total. The number of carbonyl (C=O) groups is 2. The van der Waals surface area contributed by atoms with Crippen LogP contribution in [-0.4, -0.2) is 50.2 Å². The second-order valence-corrected chi connectivity index (χ2v) is 6.39. The molecule has 0 aliphatic carbocycles. The fourth-order valence-corrected chi connectivity index (χ4v) is 2.59. The third-order valence-electron chi connectivity index (χ3n) is 4.44. The lowest BCUT2D eigenvalue weighted by Crippen LogP contribution is -2.45. The summed E-state index contributed by atoms with van der Waals surface area (Å²) >= 11 is 0. The highest BCUT2D eigenvalue weighted by molar-refractivity contribution is 5.96. The van der Waals surface area contributed by atoms with Gasteiger partial charge in [0.1, 0.15) is 24.9 Å². The summed E-state index contributed by atoms with van der Waals surface area (Å²) < 4.78 is 58.1. The van der Waals surface area contributed by atoms with Gasteiger partial charge in [0.2, 0.25) is 0 Å². The number of halogens is 3. The van der Waals surface area contributed by atoms with Gasteiger partial charge in [-0.05, 0) is 25.1 Å². The molecular formula is C17H20F3N3O5. The number of amides is 1. The fraction of sp³-hybridized carbons (Fsp3) is 0.471. The second-order valence-electron chi connectivity index (χ2n) is 6.39. The van der Waals surface area contributed by atoms with Gasteiger partial charge in [-0.1, -0.05) is 0 Å². The molecule has 8 nitrogen and oxygen atoms in total. The topological polar surface area (TPSA) is 112 Å². The summed E-state index contributed by atoms with van der Waals surface area (Å²) in [5.74, 6) is -7.66. The van der Waals surface area contributed by atoms with Crippen molar-refractivity contribution in [3.63, 3.8) is 0 Å². The number of nitrogens with two attached hydrogens (primary N) is 1. The van der Waals surface area contributed by atoms with Gasteiger partial charge in [0.05, 0.1) is 0 Å². The Labute approximate surface area is 158 Å². The van der Waals surface area contributed by atoms with Crippen LogP contribution in [0.15, 0.2) is 23.2 Å². The van der Waals surface area contributed by atoms with Crippen LogP contribution in [-0.2, 0) is 29.3 Å². The van der Waals surface area contributed by atoms with Crippen LogP contribution in [0.3, 0.4) is 0 Å². The quantitative estimate of drug-likeness (QED) is 0.550. The number of benzene rings is 1. The average molecular weight is 403 g/mol. The molecule has 1 aromatic carbocycles. The molecule has 1 aliphatic heterocycles. The van der Waals surface area contributed by atoms with Crippen molar-refractivity contribution in [2.45, 2.75) is 31.1 Å². The van der Waals surface area contributed by atoms with Crippen molar-refractivity contribution in [2.24, 2.45) is 10.7 Å². The van der Waals surface area contributed by atoms with Crippen molar-refractivity contribution in [3.05, 3.63) is 29.6 Å². The number of carbonyl (C=O) groups excluding carboxylic acids is 2. The van der Waals surface area contributed by atoms with Crippen molar-refractivity contribution in [2.75, 3.05) is 25.6 Å². The molecule has 1 heterocycles. The molecular weight excluding hydrogens is 383 g/mol. The Morgan fingerprint density at radius 2 is 2.14 bits per heavy atom. The molecule has 1 amide bonds. The molecule has 1 aromatic rings. The zero-order valence-corrected chi connectivity index (χ0v) is 15.4. The first-order chi connectivity index (χ1) is 13.0. The number of anilines is 1. The van der Waals surface area contributed by atoms with Crippen LogP contribution in [0.5, 0.6) is 0 Å². The number of nitrogens with zero attached hydrogens (tertiary/aromatic N) is 1. The molecule has 1 aliphatic rings. The van der Waals surface area contributed by atoms with Crippen molar-refractivity contribution in [1.29, 1.82) is 0 Å². The van der Waals surface area contributed by atoms with Gasteiger partial charge in [0.15, 0.2) is 5.54 Å². The molecule has 0 bridgehead atoms. The molecule has 0 radical (unpaired) electrons. The summed E-state index contributed by atoms with van der Waals surface area (Å²) in [5.41, 5.74) is 2.66. The van der Waals surface area contributed by atoms with Crippen LogP contribution in [0.2, 0.25) is 0 Å².